The number of thioether (sulfide) groups is 1. The van der Waals surface area contributed by atoms with Gasteiger partial charge >= 0.3 is 0 Å². The van der Waals surface area contributed by atoms with Gasteiger partial charge in [-0.2, -0.15) is 0 Å². The summed E-state index contributed by atoms with van der Waals surface area (Å²) in [6, 6.07) is 27.6. The molecule has 7 nitrogen and oxygen atoms in total. The lowest BCUT2D eigenvalue weighted by Crippen LogP contribution is -2.30. The zero-order chi connectivity index (χ0) is 29.2. The molecule has 4 rings (SSSR count). The van der Waals surface area contributed by atoms with Gasteiger partial charge in [-0.15, -0.1) is 11.8 Å². The number of anilines is 2. The van der Waals surface area contributed by atoms with Gasteiger partial charge in [0.25, 0.3) is 11.8 Å². The highest BCUT2D eigenvalue weighted by Crippen LogP contribution is 2.24. The number of rotatable bonds is 10. The van der Waals surface area contributed by atoms with Crippen LogP contribution in [-0.4, -0.2) is 30.6 Å². The molecule has 0 atom stereocenters. The maximum Gasteiger partial charge on any atom is 0.272 e. The molecule has 0 radical (unpaired) electrons. The van der Waals surface area contributed by atoms with Crippen molar-refractivity contribution in [1.29, 1.82) is 0 Å². The first kappa shape index (κ1) is 29.7. The van der Waals surface area contributed by atoms with Crippen molar-refractivity contribution in [3.63, 3.8) is 0 Å². The van der Waals surface area contributed by atoms with E-state index in [9.17, 15) is 14.4 Å². The highest BCUT2D eigenvalue weighted by molar-refractivity contribution is 8.00. The molecule has 4 aromatic rings. The van der Waals surface area contributed by atoms with Crippen LogP contribution in [-0.2, 0) is 9.59 Å². The number of carbonyl (C=O) groups is 3. The van der Waals surface area contributed by atoms with Crippen LogP contribution in [0.4, 0.5) is 11.4 Å². The fraction of sp³-hybridized carbons (Fsp3) is 0.0645. The van der Waals surface area contributed by atoms with Crippen LogP contribution < -0.4 is 20.7 Å². The second-order valence-corrected chi connectivity index (χ2v) is 10.5. The molecule has 0 bridgehead atoms. The molecule has 0 fully saturated rings. The monoisotopic (exact) mass is 605 g/mol. The van der Waals surface area contributed by atoms with E-state index in [1.165, 1.54) is 11.8 Å². The average molecular weight is 607 g/mol. The van der Waals surface area contributed by atoms with Crippen LogP contribution in [0.1, 0.15) is 15.9 Å². The molecular weight excluding hydrogens is 581 g/mol. The topological polar surface area (TPSA) is 96.5 Å². The Bertz CT molecular complexity index is 1540. The molecule has 4 aromatic carbocycles. The van der Waals surface area contributed by atoms with Gasteiger partial charge in [0.2, 0.25) is 5.91 Å². The minimum absolute atomic E-state index is 0.0697. The predicted molar refractivity (Wildman–Crippen MR) is 166 cm³/mol. The third-order valence-electron chi connectivity index (χ3n) is 5.58. The lowest BCUT2D eigenvalue weighted by atomic mass is 10.1. The van der Waals surface area contributed by atoms with Crippen molar-refractivity contribution in [2.75, 3.05) is 23.5 Å². The van der Waals surface area contributed by atoms with Crippen molar-refractivity contribution in [1.82, 2.24) is 5.32 Å². The van der Waals surface area contributed by atoms with Crippen LogP contribution in [0, 0.1) is 0 Å². The highest BCUT2D eigenvalue weighted by atomic mass is 35.5. The van der Waals surface area contributed by atoms with E-state index in [0.29, 0.717) is 38.3 Å². The molecule has 0 aliphatic heterocycles. The molecule has 0 aromatic heterocycles. The summed E-state index contributed by atoms with van der Waals surface area (Å²) in [7, 11) is 1.57. The second kappa shape index (κ2) is 14.4. The van der Waals surface area contributed by atoms with Crippen LogP contribution >= 0.6 is 35.0 Å². The van der Waals surface area contributed by atoms with Crippen LogP contribution in [0.2, 0.25) is 10.0 Å². The van der Waals surface area contributed by atoms with E-state index in [1.54, 1.807) is 110 Å². The Balaban J connectivity index is 1.40. The molecule has 0 aliphatic carbocycles. The molecule has 3 amide bonds. The largest absolute Gasteiger partial charge is 0.497 e. The number of methoxy groups -OCH3 is 1. The Labute approximate surface area is 251 Å². The van der Waals surface area contributed by atoms with E-state index in [1.807, 2.05) is 0 Å². The number of carbonyl (C=O) groups excluding carboxylic acids is 3. The first-order valence-electron chi connectivity index (χ1n) is 12.3. The number of amides is 3. The first-order valence-corrected chi connectivity index (χ1v) is 14.1. The highest BCUT2D eigenvalue weighted by Gasteiger charge is 2.15. The normalized spacial score (nSPS) is 11.0. The summed E-state index contributed by atoms with van der Waals surface area (Å²) in [5.74, 6) is -0.287. The van der Waals surface area contributed by atoms with Gasteiger partial charge in [-0.25, -0.2) is 0 Å². The van der Waals surface area contributed by atoms with Crippen molar-refractivity contribution in [2.24, 2.45) is 0 Å². The van der Waals surface area contributed by atoms with Crippen molar-refractivity contribution in [3.05, 3.63) is 124 Å². The maximum atomic E-state index is 13.2. The van der Waals surface area contributed by atoms with Gasteiger partial charge in [0, 0.05) is 31.9 Å². The SMILES string of the molecule is COc1ccc(/C=C(\NC(=O)c2ccccc2)C(=O)Nc2ccc(SCC(=O)Nc3cc(Cl)cc(Cl)c3)cc2)cc1. The Morgan fingerprint density at radius 2 is 1.46 bits per heavy atom. The molecule has 0 aliphatic rings. The molecule has 0 saturated carbocycles. The molecule has 0 saturated heterocycles. The molecule has 0 spiro atoms. The van der Waals surface area contributed by atoms with Gasteiger partial charge in [-0.05, 0) is 78.4 Å². The van der Waals surface area contributed by atoms with E-state index in [-0.39, 0.29) is 17.4 Å². The molecule has 3 N–H and O–H groups in total. The van der Waals surface area contributed by atoms with Crippen LogP contribution in [0.15, 0.2) is 108 Å². The Morgan fingerprint density at radius 1 is 0.805 bits per heavy atom. The smallest absolute Gasteiger partial charge is 0.272 e. The minimum Gasteiger partial charge on any atom is -0.497 e. The lowest BCUT2D eigenvalue weighted by Gasteiger charge is -2.12. The number of nitrogens with one attached hydrogen (secondary N) is 3. The van der Waals surface area contributed by atoms with Crippen molar-refractivity contribution in [2.45, 2.75) is 4.90 Å². The van der Waals surface area contributed by atoms with Gasteiger partial charge < -0.3 is 20.7 Å². The fourth-order valence-corrected chi connectivity index (χ4v) is 4.84. The average Bonchev–Trinajstić information content (AvgIpc) is 2.96. The van der Waals surface area contributed by atoms with Gasteiger partial charge in [-0.1, -0.05) is 53.5 Å². The van der Waals surface area contributed by atoms with E-state index in [0.717, 1.165) is 4.90 Å². The third-order valence-corrected chi connectivity index (χ3v) is 7.03. The fourth-order valence-electron chi connectivity index (χ4n) is 3.61. The minimum atomic E-state index is -0.495. The number of benzene rings is 4. The zero-order valence-corrected chi connectivity index (χ0v) is 24.1. The standard InChI is InChI=1S/C31H25Cl2N3O4S/c1-40-26-11-7-20(8-12-26)15-28(36-30(38)21-5-3-2-4-6-21)31(39)35-24-9-13-27(14-10-24)41-19-29(37)34-25-17-22(32)16-23(33)18-25/h2-18H,19H2,1H3,(H,34,37)(H,35,39)(H,36,38)/b28-15-. The van der Waals surface area contributed by atoms with Gasteiger partial charge in [0.1, 0.15) is 11.4 Å². The summed E-state index contributed by atoms with van der Waals surface area (Å²) in [6.07, 6.45) is 1.59. The number of ether oxygens (including phenoxy) is 1. The third kappa shape index (κ3) is 9.14. The van der Waals surface area contributed by atoms with Crippen molar-refractivity contribution >= 4 is 70.1 Å². The van der Waals surface area contributed by atoms with Gasteiger partial charge in [0.05, 0.1) is 12.9 Å². The second-order valence-electron chi connectivity index (χ2n) is 8.62. The Kier molecular flexibility index (Phi) is 10.5. The first-order chi connectivity index (χ1) is 19.8. The van der Waals surface area contributed by atoms with Crippen molar-refractivity contribution < 1.29 is 19.1 Å². The summed E-state index contributed by atoms with van der Waals surface area (Å²) in [5.41, 5.74) is 2.23. The lowest BCUT2D eigenvalue weighted by molar-refractivity contribution is -0.114. The molecule has 10 heteroatoms. The number of halogens is 2. The summed E-state index contributed by atoms with van der Waals surface area (Å²) in [6.45, 7) is 0. The molecule has 0 unspecified atom stereocenters. The summed E-state index contributed by atoms with van der Waals surface area (Å²) < 4.78 is 5.19. The van der Waals surface area contributed by atoms with E-state index < -0.39 is 11.8 Å². The maximum absolute atomic E-state index is 13.2. The van der Waals surface area contributed by atoms with Gasteiger partial charge in [-0.3, -0.25) is 14.4 Å². The molecule has 41 heavy (non-hydrogen) atoms. The van der Waals surface area contributed by atoms with E-state index in [4.69, 9.17) is 27.9 Å². The predicted octanol–water partition coefficient (Wildman–Crippen LogP) is 7.14. The number of hydrogen-bond donors (Lipinski definition) is 3. The quantitative estimate of drug-likeness (QED) is 0.132. The van der Waals surface area contributed by atoms with E-state index >= 15 is 0 Å². The van der Waals surface area contributed by atoms with Crippen LogP contribution in [0.5, 0.6) is 5.75 Å². The molecular formula is C31H25Cl2N3O4S. The molecule has 0 heterocycles. The Morgan fingerprint density at radius 3 is 2.10 bits per heavy atom. The summed E-state index contributed by atoms with van der Waals surface area (Å²) >= 11 is 13.3. The summed E-state index contributed by atoms with van der Waals surface area (Å²) in [5, 5.41) is 9.16. The van der Waals surface area contributed by atoms with Crippen LogP contribution in [0.25, 0.3) is 6.08 Å². The number of hydrogen-bond acceptors (Lipinski definition) is 5. The zero-order valence-electron chi connectivity index (χ0n) is 21.8. The van der Waals surface area contributed by atoms with Crippen LogP contribution in [0.3, 0.4) is 0 Å². The summed E-state index contributed by atoms with van der Waals surface area (Å²) in [4.78, 5) is 39.2. The molecule has 208 valence electrons. The Hall–Kier alpha value is -4.24. The van der Waals surface area contributed by atoms with Crippen molar-refractivity contribution in [3.8, 4) is 5.75 Å². The van der Waals surface area contributed by atoms with E-state index in [2.05, 4.69) is 16.0 Å². The van der Waals surface area contributed by atoms with Gasteiger partial charge in [0.15, 0.2) is 0 Å².